The summed E-state index contributed by atoms with van der Waals surface area (Å²) in [6.07, 6.45) is 6.88. The van der Waals surface area contributed by atoms with Gasteiger partial charge >= 0.3 is 0 Å². The van der Waals surface area contributed by atoms with E-state index < -0.39 is 5.60 Å². The van der Waals surface area contributed by atoms with Crippen LogP contribution >= 0.6 is 0 Å². The predicted octanol–water partition coefficient (Wildman–Crippen LogP) is 3.09. The van der Waals surface area contributed by atoms with Crippen LogP contribution in [0.3, 0.4) is 0 Å². The summed E-state index contributed by atoms with van der Waals surface area (Å²) in [6, 6.07) is 6.43. The van der Waals surface area contributed by atoms with E-state index in [4.69, 9.17) is 4.42 Å². The molecule has 2 aliphatic carbocycles. The molecule has 0 spiro atoms. The molecule has 1 heterocycles. The monoisotopic (exact) mass is 285 g/mol. The number of likely N-dealkylation sites (N-methyl/N-ethyl adjacent to an activating group) is 1. The number of nitrogens with zero attached hydrogens (tertiary/aromatic N) is 1. The van der Waals surface area contributed by atoms with Crippen LogP contribution in [0, 0.1) is 0 Å². The molecule has 0 aliphatic heterocycles. The SMILES string of the molecule is CN(C)CC1(C2(O)CCCC2)Cc2cc3occc3cc21. The molecule has 0 bridgehead atoms. The molecule has 1 unspecified atom stereocenters. The van der Waals surface area contributed by atoms with E-state index in [1.165, 1.54) is 11.1 Å². The largest absolute Gasteiger partial charge is 0.464 e. The molecule has 2 aromatic rings. The number of hydrogen-bond donors (Lipinski definition) is 1. The summed E-state index contributed by atoms with van der Waals surface area (Å²) >= 11 is 0. The maximum Gasteiger partial charge on any atom is 0.134 e. The summed E-state index contributed by atoms with van der Waals surface area (Å²) in [5.74, 6) is 0. The Labute approximate surface area is 125 Å². The van der Waals surface area contributed by atoms with Crippen molar-refractivity contribution in [2.45, 2.75) is 43.1 Å². The third-order valence-corrected chi connectivity index (χ3v) is 5.59. The highest BCUT2D eigenvalue weighted by atomic mass is 16.3. The minimum absolute atomic E-state index is 0.103. The summed E-state index contributed by atoms with van der Waals surface area (Å²) in [6.45, 7) is 0.917. The van der Waals surface area contributed by atoms with Crippen LogP contribution in [0.5, 0.6) is 0 Å². The lowest BCUT2D eigenvalue weighted by Crippen LogP contribution is -2.61. The van der Waals surface area contributed by atoms with E-state index in [1.807, 2.05) is 6.07 Å². The lowest BCUT2D eigenvalue weighted by molar-refractivity contribution is -0.0562. The average molecular weight is 285 g/mol. The van der Waals surface area contributed by atoms with Crippen molar-refractivity contribution >= 4 is 11.0 Å². The molecule has 1 fully saturated rings. The highest BCUT2D eigenvalue weighted by molar-refractivity contribution is 5.81. The summed E-state index contributed by atoms with van der Waals surface area (Å²) in [5.41, 5.74) is 3.01. The molecular formula is C18H23NO2. The van der Waals surface area contributed by atoms with Crippen molar-refractivity contribution in [1.82, 2.24) is 4.90 Å². The molecule has 0 amide bonds. The zero-order chi connectivity index (χ0) is 14.7. The van der Waals surface area contributed by atoms with Crippen LogP contribution < -0.4 is 0 Å². The molecule has 1 atom stereocenters. The minimum Gasteiger partial charge on any atom is -0.464 e. The number of benzene rings is 1. The van der Waals surface area contributed by atoms with Gasteiger partial charge in [-0.25, -0.2) is 0 Å². The van der Waals surface area contributed by atoms with Gasteiger partial charge in [-0.2, -0.15) is 0 Å². The van der Waals surface area contributed by atoms with Crippen molar-refractivity contribution in [3.63, 3.8) is 0 Å². The van der Waals surface area contributed by atoms with Crippen molar-refractivity contribution < 1.29 is 9.52 Å². The Morgan fingerprint density at radius 1 is 1.24 bits per heavy atom. The lowest BCUT2D eigenvalue weighted by atomic mass is 9.54. The summed E-state index contributed by atoms with van der Waals surface area (Å²) in [4.78, 5) is 2.22. The van der Waals surface area contributed by atoms with Gasteiger partial charge in [0.25, 0.3) is 0 Å². The van der Waals surface area contributed by atoms with E-state index in [1.54, 1.807) is 6.26 Å². The van der Waals surface area contributed by atoms with E-state index in [0.29, 0.717) is 0 Å². The molecule has 1 N–H and O–H groups in total. The van der Waals surface area contributed by atoms with Gasteiger partial charge in [0.2, 0.25) is 0 Å². The van der Waals surface area contributed by atoms with Gasteiger partial charge in [-0.3, -0.25) is 0 Å². The van der Waals surface area contributed by atoms with E-state index in [9.17, 15) is 5.11 Å². The third-order valence-electron chi connectivity index (χ3n) is 5.59. The number of fused-ring (bicyclic) bond motifs is 2. The first kappa shape index (κ1) is 13.4. The second-order valence-corrected chi connectivity index (χ2v) is 7.20. The van der Waals surface area contributed by atoms with Crippen LogP contribution in [0.1, 0.15) is 36.8 Å². The minimum atomic E-state index is -0.540. The van der Waals surface area contributed by atoms with E-state index in [2.05, 4.69) is 31.1 Å². The van der Waals surface area contributed by atoms with E-state index >= 15 is 0 Å². The van der Waals surface area contributed by atoms with Crippen LogP contribution in [-0.4, -0.2) is 36.2 Å². The number of hydrogen-bond acceptors (Lipinski definition) is 3. The maximum atomic E-state index is 11.3. The van der Waals surface area contributed by atoms with Crippen molar-refractivity contribution in [2.24, 2.45) is 0 Å². The summed E-state index contributed by atoms with van der Waals surface area (Å²) < 4.78 is 5.51. The molecular weight excluding hydrogens is 262 g/mol. The molecule has 4 rings (SSSR count). The standard InChI is InChI=1S/C18H23NO2/c1-19(2)12-17(18(20)6-3-4-7-18)11-14-10-16-13(5-8-21-16)9-15(14)17/h5,8-10,20H,3-4,6-7,11-12H2,1-2H3. The smallest absolute Gasteiger partial charge is 0.134 e. The third kappa shape index (κ3) is 1.74. The topological polar surface area (TPSA) is 36.6 Å². The second-order valence-electron chi connectivity index (χ2n) is 7.20. The molecule has 1 aromatic carbocycles. The lowest BCUT2D eigenvalue weighted by Gasteiger charge is -2.54. The van der Waals surface area contributed by atoms with Crippen LogP contribution in [0.4, 0.5) is 0 Å². The second kappa shape index (κ2) is 4.34. The highest BCUT2D eigenvalue weighted by Gasteiger charge is 2.58. The molecule has 0 saturated heterocycles. The normalized spacial score (nSPS) is 27.0. The number of furan rings is 1. The van der Waals surface area contributed by atoms with E-state index in [0.717, 1.165) is 49.6 Å². The zero-order valence-electron chi connectivity index (χ0n) is 12.9. The van der Waals surface area contributed by atoms with Crippen LogP contribution in [0.25, 0.3) is 11.0 Å². The highest BCUT2D eigenvalue weighted by Crippen LogP contribution is 2.55. The van der Waals surface area contributed by atoms with Crippen LogP contribution in [0.2, 0.25) is 0 Å². The molecule has 112 valence electrons. The van der Waals surface area contributed by atoms with Crippen LogP contribution in [-0.2, 0) is 11.8 Å². The Bertz CT molecular complexity index is 682. The molecule has 1 aromatic heterocycles. The Hall–Kier alpha value is -1.32. The van der Waals surface area contributed by atoms with Crippen molar-refractivity contribution in [1.29, 1.82) is 0 Å². The summed E-state index contributed by atoms with van der Waals surface area (Å²) in [5, 5.41) is 12.5. The molecule has 3 nitrogen and oxygen atoms in total. The van der Waals surface area contributed by atoms with Gasteiger partial charge in [-0.1, -0.05) is 12.8 Å². The van der Waals surface area contributed by atoms with Gasteiger partial charge in [-0.15, -0.1) is 0 Å². The van der Waals surface area contributed by atoms with Gasteiger partial charge in [0.05, 0.1) is 11.9 Å². The van der Waals surface area contributed by atoms with Gasteiger partial charge in [0.15, 0.2) is 0 Å². The first-order valence-corrected chi connectivity index (χ1v) is 7.92. The maximum absolute atomic E-state index is 11.3. The van der Waals surface area contributed by atoms with Crippen LogP contribution in [0.15, 0.2) is 28.9 Å². The van der Waals surface area contributed by atoms with Gasteiger partial charge in [-0.05, 0) is 62.7 Å². The van der Waals surface area contributed by atoms with Crippen molar-refractivity contribution in [3.05, 3.63) is 35.6 Å². The molecule has 0 radical (unpaired) electrons. The Balaban J connectivity index is 1.85. The number of rotatable bonds is 3. The fourth-order valence-electron chi connectivity index (χ4n) is 4.64. The molecule has 3 heteroatoms. The first-order valence-electron chi connectivity index (χ1n) is 7.92. The van der Waals surface area contributed by atoms with Gasteiger partial charge in [0, 0.05) is 17.3 Å². The van der Waals surface area contributed by atoms with Crippen molar-refractivity contribution in [2.75, 3.05) is 20.6 Å². The Morgan fingerprint density at radius 2 is 2.00 bits per heavy atom. The average Bonchev–Trinajstić information content (AvgIpc) is 3.04. The Morgan fingerprint density at radius 3 is 2.71 bits per heavy atom. The molecule has 1 saturated carbocycles. The fraction of sp³-hybridized carbons (Fsp3) is 0.556. The molecule has 21 heavy (non-hydrogen) atoms. The van der Waals surface area contributed by atoms with Crippen molar-refractivity contribution in [3.8, 4) is 0 Å². The number of aliphatic hydroxyl groups is 1. The summed E-state index contributed by atoms with van der Waals surface area (Å²) in [7, 11) is 4.21. The quantitative estimate of drug-likeness (QED) is 0.941. The zero-order valence-corrected chi connectivity index (χ0v) is 12.9. The first-order chi connectivity index (χ1) is 10.0. The molecule has 2 aliphatic rings. The predicted molar refractivity (Wildman–Crippen MR) is 83.6 cm³/mol. The fourth-order valence-corrected chi connectivity index (χ4v) is 4.64. The van der Waals surface area contributed by atoms with Gasteiger partial charge in [0.1, 0.15) is 5.58 Å². The van der Waals surface area contributed by atoms with Gasteiger partial charge < -0.3 is 14.4 Å². The van der Waals surface area contributed by atoms with E-state index in [-0.39, 0.29) is 5.41 Å². The Kier molecular flexibility index (Phi) is 2.76.